The maximum Gasteiger partial charge on any atom is 0.222 e. The number of rotatable bonds is 2. The molecule has 0 spiro atoms. The van der Waals surface area contributed by atoms with Crippen molar-refractivity contribution in [2.24, 2.45) is 0 Å². The van der Waals surface area contributed by atoms with Crippen molar-refractivity contribution in [3.05, 3.63) is 53.6 Å². The Morgan fingerprint density at radius 2 is 1.73 bits per heavy atom. The number of likely N-dealkylation sites (tertiary alicyclic amines) is 1. The van der Waals surface area contributed by atoms with Gasteiger partial charge in [0.05, 0.1) is 0 Å². The molecule has 2 aromatic carbocycles. The summed E-state index contributed by atoms with van der Waals surface area (Å²) in [4.78, 5) is 16.3. The zero-order valence-corrected chi connectivity index (χ0v) is 16.2. The number of piperidine rings is 1. The van der Waals surface area contributed by atoms with Gasteiger partial charge in [0.25, 0.3) is 0 Å². The Bertz CT molecular complexity index is 840. The van der Waals surface area contributed by atoms with Crippen molar-refractivity contribution in [2.75, 3.05) is 26.0 Å². The third kappa shape index (κ3) is 2.61. The number of aryl methyl sites for hydroxylation is 1. The lowest BCUT2D eigenvalue weighted by molar-refractivity contribution is -0.138. The SMILES string of the molecule is CN(C)c1ccc(-c2ccc3c(c2)CC[C@H]2N(C)C(=O)CC[C@]32C)cc1. The average Bonchev–Trinajstić information content (AvgIpc) is 2.65. The summed E-state index contributed by atoms with van der Waals surface area (Å²) in [6.45, 7) is 2.35. The molecule has 1 amide bonds. The van der Waals surface area contributed by atoms with Gasteiger partial charge in [-0.2, -0.15) is 0 Å². The summed E-state index contributed by atoms with van der Waals surface area (Å²) in [6, 6.07) is 16.0. The van der Waals surface area contributed by atoms with E-state index in [9.17, 15) is 4.79 Å². The van der Waals surface area contributed by atoms with E-state index in [-0.39, 0.29) is 5.41 Å². The first kappa shape index (κ1) is 17.1. The molecular weight excluding hydrogens is 320 g/mol. The molecule has 0 radical (unpaired) electrons. The van der Waals surface area contributed by atoms with Crippen molar-refractivity contribution in [3.63, 3.8) is 0 Å². The van der Waals surface area contributed by atoms with Crippen molar-refractivity contribution in [2.45, 2.75) is 44.1 Å². The number of carbonyl (C=O) groups is 1. The van der Waals surface area contributed by atoms with Gasteiger partial charge in [0.2, 0.25) is 5.91 Å². The predicted molar refractivity (Wildman–Crippen MR) is 108 cm³/mol. The number of benzene rings is 2. The van der Waals surface area contributed by atoms with Crippen molar-refractivity contribution >= 4 is 11.6 Å². The van der Waals surface area contributed by atoms with Gasteiger partial charge in [-0.05, 0) is 53.6 Å². The second-order valence-corrected chi connectivity index (χ2v) is 8.29. The van der Waals surface area contributed by atoms with Crippen LogP contribution < -0.4 is 4.90 Å². The number of carbonyl (C=O) groups excluding carboxylic acids is 1. The highest BCUT2D eigenvalue weighted by atomic mass is 16.2. The molecule has 26 heavy (non-hydrogen) atoms. The van der Waals surface area contributed by atoms with Crippen molar-refractivity contribution in [1.29, 1.82) is 0 Å². The van der Waals surface area contributed by atoms with Crippen LogP contribution in [0.3, 0.4) is 0 Å². The highest BCUT2D eigenvalue weighted by Gasteiger charge is 2.46. The molecule has 0 bridgehead atoms. The van der Waals surface area contributed by atoms with Crippen LogP contribution in [0, 0.1) is 0 Å². The Morgan fingerprint density at radius 3 is 2.42 bits per heavy atom. The molecule has 4 rings (SSSR count). The number of hydrogen-bond acceptors (Lipinski definition) is 2. The van der Waals surface area contributed by atoms with Crippen LogP contribution in [-0.4, -0.2) is 38.0 Å². The lowest BCUT2D eigenvalue weighted by atomic mass is 9.63. The maximum atomic E-state index is 12.1. The largest absolute Gasteiger partial charge is 0.378 e. The Labute approximate surface area is 156 Å². The van der Waals surface area contributed by atoms with Crippen LogP contribution >= 0.6 is 0 Å². The summed E-state index contributed by atoms with van der Waals surface area (Å²) in [6.07, 6.45) is 3.74. The van der Waals surface area contributed by atoms with Gasteiger partial charge in [0, 0.05) is 44.7 Å². The second-order valence-electron chi connectivity index (χ2n) is 8.29. The fourth-order valence-electron chi connectivity index (χ4n) is 4.92. The normalized spacial score (nSPS) is 24.8. The summed E-state index contributed by atoms with van der Waals surface area (Å²) < 4.78 is 0. The molecule has 1 aliphatic heterocycles. The lowest BCUT2D eigenvalue weighted by Crippen LogP contribution is -2.56. The monoisotopic (exact) mass is 348 g/mol. The Hall–Kier alpha value is -2.29. The van der Waals surface area contributed by atoms with Gasteiger partial charge in [0.1, 0.15) is 0 Å². The smallest absolute Gasteiger partial charge is 0.222 e. The highest BCUT2D eigenvalue weighted by Crippen LogP contribution is 2.46. The molecule has 1 aliphatic carbocycles. The summed E-state index contributed by atoms with van der Waals surface area (Å²) in [7, 11) is 6.12. The van der Waals surface area contributed by atoms with Gasteiger partial charge >= 0.3 is 0 Å². The minimum Gasteiger partial charge on any atom is -0.378 e. The Kier molecular flexibility index (Phi) is 4.06. The first-order chi connectivity index (χ1) is 12.4. The van der Waals surface area contributed by atoms with Crippen molar-refractivity contribution < 1.29 is 4.79 Å². The Morgan fingerprint density at radius 1 is 1.04 bits per heavy atom. The van der Waals surface area contributed by atoms with Crippen LogP contribution in [0.2, 0.25) is 0 Å². The third-order valence-electron chi connectivity index (χ3n) is 6.58. The van der Waals surface area contributed by atoms with Gasteiger partial charge in [-0.15, -0.1) is 0 Å². The van der Waals surface area contributed by atoms with Gasteiger partial charge in [-0.25, -0.2) is 0 Å². The summed E-state index contributed by atoms with van der Waals surface area (Å²) >= 11 is 0. The van der Waals surface area contributed by atoms with Crippen LogP contribution in [0.4, 0.5) is 5.69 Å². The van der Waals surface area contributed by atoms with E-state index in [2.05, 4.69) is 68.4 Å². The summed E-state index contributed by atoms with van der Waals surface area (Å²) in [5, 5.41) is 0. The fraction of sp³-hybridized carbons (Fsp3) is 0.435. The number of likely N-dealkylation sites (N-methyl/N-ethyl adjacent to an activating group) is 1. The molecule has 3 nitrogen and oxygen atoms in total. The summed E-state index contributed by atoms with van der Waals surface area (Å²) in [5.41, 5.74) is 6.76. The molecule has 2 aliphatic rings. The van der Waals surface area contributed by atoms with Gasteiger partial charge in [0.15, 0.2) is 0 Å². The molecule has 0 aromatic heterocycles. The number of fused-ring (bicyclic) bond motifs is 3. The van der Waals surface area contributed by atoms with Gasteiger partial charge < -0.3 is 9.80 Å². The summed E-state index contributed by atoms with van der Waals surface area (Å²) in [5.74, 6) is 0.300. The third-order valence-corrected chi connectivity index (χ3v) is 6.58. The highest BCUT2D eigenvalue weighted by molar-refractivity contribution is 5.78. The molecule has 2 atom stereocenters. The standard InChI is InChI=1S/C23H28N2O/c1-23-14-13-22(26)25(4)21(23)12-8-18-15-17(7-11-20(18)23)16-5-9-19(10-6-16)24(2)3/h5-7,9-11,15,21H,8,12-14H2,1-4H3/t21-,23-/m1/s1. The van der Waals surface area contributed by atoms with E-state index >= 15 is 0 Å². The Balaban J connectivity index is 1.69. The minimum absolute atomic E-state index is 0.0869. The van der Waals surface area contributed by atoms with Gasteiger partial charge in [-0.1, -0.05) is 37.3 Å². The molecule has 1 fully saturated rings. The average molecular weight is 348 g/mol. The molecule has 0 N–H and O–H groups in total. The first-order valence-corrected chi connectivity index (χ1v) is 9.57. The number of anilines is 1. The van der Waals surface area contributed by atoms with Crippen LogP contribution in [-0.2, 0) is 16.6 Å². The van der Waals surface area contributed by atoms with Crippen molar-refractivity contribution in [3.8, 4) is 11.1 Å². The fourth-order valence-corrected chi connectivity index (χ4v) is 4.92. The predicted octanol–water partition coefficient (Wildman–Crippen LogP) is 4.24. The second kappa shape index (κ2) is 6.15. The lowest BCUT2D eigenvalue weighted by Gasteiger charge is -2.50. The zero-order valence-electron chi connectivity index (χ0n) is 16.2. The molecule has 136 valence electrons. The number of nitrogens with zero attached hydrogens (tertiary/aromatic N) is 2. The molecular formula is C23H28N2O. The topological polar surface area (TPSA) is 23.6 Å². The van der Waals surface area contributed by atoms with Crippen molar-refractivity contribution in [1.82, 2.24) is 4.90 Å². The molecule has 1 heterocycles. The number of amides is 1. The van der Waals surface area contributed by atoms with E-state index in [0.717, 1.165) is 19.3 Å². The number of hydrogen-bond donors (Lipinski definition) is 0. The van der Waals surface area contributed by atoms with E-state index in [1.54, 1.807) is 0 Å². The van der Waals surface area contributed by atoms with Crippen LogP contribution in [0.1, 0.15) is 37.3 Å². The van der Waals surface area contributed by atoms with E-state index < -0.39 is 0 Å². The quantitative estimate of drug-likeness (QED) is 0.810. The zero-order chi connectivity index (χ0) is 18.5. The van der Waals surface area contributed by atoms with Crippen LogP contribution in [0.25, 0.3) is 11.1 Å². The molecule has 3 heteroatoms. The molecule has 0 unspecified atom stereocenters. The van der Waals surface area contributed by atoms with E-state index in [1.165, 1.54) is 27.9 Å². The first-order valence-electron chi connectivity index (χ1n) is 9.57. The van der Waals surface area contributed by atoms with Gasteiger partial charge in [-0.3, -0.25) is 4.79 Å². The van der Waals surface area contributed by atoms with E-state index in [4.69, 9.17) is 0 Å². The van der Waals surface area contributed by atoms with Crippen LogP contribution in [0.5, 0.6) is 0 Å². The maximum absolute atomic E-state index is 12.1. The molecule has 1 saturated heterocycles. The molecule has 2 aromatic rings. The van der Waals surface area contributed by atoms with E-state index in [0.29, 0.717) is 18.4 Å². The van der Waals surface area contributed by atoms with E-state index in [1.807, 2.05) is 11.9 Å². The molecule has 0 saturated carbocycles. The van der Waals surface area contributed by atoms with Crippen LogP contribution in [0.15, 0.2) is 42.5 Å². The minimum atomic E-state index is 0.0869.